The molecule has 0 radical (unpaired) electrons. The molecule has 0 amide bonds. The zero-order valence-corrected chi connectivity index (χ0v) is 10.8. The van der Waals surface area contributed by atoms with Crippen LogP contribution >= 0.6 is 0 Å². The Morgan fingerprint density at radius 2 is 0.706 bits per heavy atom. The molecule has 0 aromatic carbocycles. The van der Waals surface area contributed by atoms with Gasteiger partial charge in [-0.15, -0.1) is 0 Å². The molecule has 106 valence electrons. The van der Waals surface area contributed by atoms with E-state index in [2.05, 4.69) is 0 Å². The van der Waals surface area contributed by atoms with Crippen LogP contribution in [0.1, 0.15) is 0 Å². The van der Waals surface area contributed by atoms with E-state index in [0.29, 0.717) is 0 Å². The molecule has 0 fully saturated rings. The van der Waals surface area contributed by atoms with Gasteiger partial charge in [-0.3, -0.25) is 0 Å². The van der Waals surface area contributed by atoms with Crippen molar-refractivity contribution in [2.45, 2.75) is 11.0 Å². The normalized spacial score (nSPS) is 13.2. The van der Waals surface area contributed by atoms with E-state index in [1.165, 1.54) is 0 Å². The van der Waals surface area contributed by atoms with Crippen molar-refractivity contribution in [1.82, 2.24) is 0 Å². The average Bonchev–Trinajstić information content (AvgIpc) is 1.77. The van der Waals surface area contributed by atoms with Crippen molar-refractivity contribution >= 4 is 20.2 Å². The van der Waals surface area contributed by atoms with Gasteiger partial charge in [0.1, 0.15) is 0 Å². The maximum Gasteiger partial charge on any atom is 2.00 e. The fourth-order valence-electron chi connectivity index (χ4n) is 0. The third-order valence-electron chi connectivity index (χ3n) is 0.567. The fraction of sp³-hybridized carbons (Fsp3) is 1.00. The topological polar surface area (TPSA) is 114 Å². The van der Waals surface area contributed by atoms with Crippen LogP contribution in [0.3, 0.4) is 0 Å². The molecule has 0 N–H and O–H groups in total. The van der Waals surface area contributed by atoms with E-state index < -0.39 is 31.3 Å². The van der Waals surface area contributed by atoms with Crippen molar-refractivity contribution in [3.8, 4) is 0 Å². The number of rotatable bonds is 0. The Balaban J connectivity index is -0.000000218. The van der Waals surface area contributed by atoms with Crippen molar-refractivity contribution in [1.29, 1.82) is 0 Å². The minimum atomic E-state index is -6.09. The summed E-state index contributed by atoms with van der Waals surface area (Å²) in [5.41, 5.74) is -11.3. The summed E-state index contributed by atoms with van der Waals surface area (Å²) in [6, 6.07) is 0. The standard InChI is InChI=1S/2CHF3O3S.Gd/c2*2-1(3,4)8(5,6)7;/h2*(H,5,6,7);/q;;+2/p-2. The van der Waals surface area contributed by atoms with Crippen LogP contribution in [0.5, 0.6) is 0 Å². The first-order valence-electron chi connectivity index (χ1n) is 2.54. The molecule has 0 spiro atoms. The molecule has 0 aromatic heterocycles. The third kappa shape index (κ3) is 10.3. The van der Waals surface area contributed by atoms with Crippen LogP contribution in [0.2, 0.25) is 0 Å². The number of hydrogen-bond donors (Lipinski definition) is 0. The molecule has 0 unspecified atom stereocenters. The summed E-state index contributed by atoms with van der Waals surface area (Å²) in [6.07, 6.45) is 0. The Bertz CT molecular complexity index is 374. The molecule has 0 atom stereocenters. The summed E-state index contributed by atoms with van der Waals surface area (Å²) in [5, 5.41) is 0. The molecule has 0 aromatic rings. The van der Waals surface area contributed by atoms with E-state index in [0.717, 1.165) is 0 Å². The average molecular weight is 455 g/mol. The Morgan fingerprint density at radius 3 is 0.706 bits per heavy atom. The summed E-state index contributed by atoms with van der Waals surface area (Å²) in [4.78, 5) is 0. The summed E-state index contributed by atoms with van der Waals surface area (Å²) in [5.74, 6) is 0. The molecule has 0 heterocycles. The molecule has 0 aliphatic heterocycles. The minimum Gasteiger partial charge on any atom is -0.741 e. The number of hydrogen-bond acceptors (Lipinski definition) is 6. The van der Waals surface area contributed by atoms with E-state index in [4.69, 9.17) is 25.9 Å². The van der Waals surface area contributed by atoms with Crippen LogP contribution in [0.4, 0.5) is 26.3 Å². The monoisotopic (exact) mass is 456 g/mol. The van der Waals surface area contributed by atoms with Gasteiger partial charge in [0.25, 0.3) is 0 Å². The van der Waals surface area contributed by atoms with Crippen LogP contribution < -0.4 is 0 Å². The second kappa shape index (κ2) is 6.76. The molecule has 0 aliphatic rings. The molecule has 0 aliphatic carbocycles. The minimum absolute atomic E-state index is 0. The fourth-order valence-corrected chi connectivity index (χ4v) is 0. The van der Waals surface area contributed by atoms with Gasteiger partial charge in [-0.25, -0.2) is 16.8 Å². The van der Waals surface area contributed by atoms with Crippen LogP contribution in [0, 0.1) is 39.9 Å². The van der Waals surface area contributed by atoms with Crippen LogP contribution in [0.25, 0.3) is 0 Å². The quantitative estimate of drug-likeness (QED) is 0.291. The SMILES string of the molecule is O=S(=O)([O-])C(F)(F)F.O=S(=O)([O-])C(F)(F)F.[Gd+2]. The van der Waals surface area contributed by atoms with Gasteiger partial charge in [0.2, 0.25) is 0 Å². The van der Waals surface area contributed by atoms with Crippen molar-refractivity contribution in [3.05, 3.63) is 0 Å². The molecule has 0 rings (SSSR count). The first-order chi connectivity index (χ1) is 6.50. The Kier molecular flexibility index (Phi) is 9.10. The second-order valence-corrected chi connectivity index (χ2v) is 4.54. The van der Waals surface area contributed by atoms with Gasteiger partial charge in [0.05, 0.1) is 0 Å². The third-order valence-corrected chi connectivity index (χ3v) is 1.70. The molecule has 0 saturated heterocycles. The Morgan fingerprint density at radius 1 is 0.647 bits per heavy atom. The van der Waals surface area contributed by atoms with Gasteiger partial charge in [0, 0.05) is 0 Å². The van der Waals surface area contributed by atoms with Crippen LogP contribution in [-0.4, -0.2) is 37.0 Å². The van der Waals surface area contributed by atoms with Gasteiger partial charge in [-0.1, -0.05) is 0 Å². The van der Waals surface area contributed by atoms with E-state index in [-0.39, 0.29) is 39.9 Å². The predicted molar refractivity (Wildman–Crippen MR) is 31.5 cm³/mol. The largest absolute Gasteiger partial charge is 2.00 e. The molecule has 0 saturated carbocycles. The molecular weight excluding hydrogens is 455 g/mol. The van der Waals surface area contributed by atoms with Gasteiger partial charge in [0.15, 0.2) is 20.2 Å². The summed E-state index contributed by atoms with van der Waals surface area (Å²) >= 11 is 0. The van der Waals surface area contributed by atoms with Gasteiger partial charge >= 0.3 is 51.0 Å². The zero-order chi connectivity index (χ0) is 14.0. The van der Waals surface area contributed by atoms with Crippen molar-refractivity contribution in [2.75, 3.05) is 0 Å². The van der Waals surface area contributed by atoms with E-state index in [1.807, 2.05) is 0 Å². The summed E-state index contributed by atoms with van der Waals surface area (Å²) < 4.78 is 118. The van der Waals surface area contributed by atoms with Crippen LogP contribution in [-0.2, 0) is 20.2 Å². The van der Waals surface area contributed by atoms with Crippen LogP contribution in [0.15, 0.2) is 0 Å². The number of halogens is 6. The van der Waals surface area contributed by atoms with Gasteiger partial charge in [-0.05, 0) is 0 Å². The molecule has 0 bridgehead atoms. The first kappa shape index (κ1) is 22.9. The zero-order valence-electron chi connectivity index (χ0n) is 6.89. The van der Waals surface area contributed by atoms with Crippen molar-refractivity contribution in [2.24, 2.45) is 0 Å². The second-order valence-electron chi connectivity index (χ2n) is 1.80. The van der Waals surface area contributed by atoms with Gasteiger partial charge in [-0.2, -0.15) is 26.3 Å². The molecular formula is C2F6GdO6S2. The Labute approximate surface area is 123 Å². The van der Waals surface area contributed by atoms with E-state index in [9.17, 15) is 26.3 Å². The molecule has 17 heavy (non-hydrogen) atoms. The number of alkyl halides is 6. The molecule has 6 nitrogen and oxygen atoms in total. The maximum absolute atomic E-state index is 10.7. The molecule has 15 heteroatoms. The summed E-state index contributed by atoms with van der Waals surface area (Å²) in [7, 11) is -12.2. The maximum atomic E-state index is 10.7. The Hall–Kier alpha value is 0.725. The van der Waals surface area contributed by atoms with E-state index >= 15 is 0 Å². The van der Waals surface area contributed by atoms with E-state index in [1.54, 1.807) is 0 Å². The first-order valence-corrected chi connectivity index (χ1v) is 5.36. The predicted octanol–water partition coefficient (Wildman–Crippen LogP) is 0.103. The van der Waals surface area contributed by atoms with Crippen molar-refractivity contribution < 1.29 is 92.2 Å². The van der Waals surface area contributed by atoms with Crippen molar-refractivity contribution in [3.63, 3.8) is 0 Å². The van der Waals surface area contributed by atoms with Gasteiger partial charge < -0.3 is 9.11 Å². The smallest absolute Gasteiger partial charge is 0.741 e. The summed E-state index contributed by atoms with van der Waals surface area (Å²) in [6.45, 7) is 0.